The summed E-state index contributed by atoms with van der Waals surface area (Å²) in [6, 6.07) is 1.37. The number of nitrogens with two attached hydrogens (primary N) is 1. The van der Waals surface area contributed by atoms with Gasteiger partial charge in [0, 0.05) is 6.20 Å². The van der Waals surface area contributed by atoms with Gasteiger partial charge in [-0.2, -0.15) is 0 Å². The first-order chi connectivity index (χ1) is 6.15. The van der Waals surface area contributed by atoms with Crippen molar-refractivity contribution in [1.82, 2.24) is 4.98 Å². The molecule has 0 saturated heterocycles. The molecule has 4 nitrogen and oxygen atoms in total. The van der Waals surface area contributed by atoms with Crippen molar-refractivity contribution < 1.29 is 4.79 Å². The topological polar surface area (TPSA) is 76.0 Å². The Hall–Kier alpha value is -2.02. The number of amides is 1. The van der Waals surface area contributed by atoms with E-state index in [0.717, 1.165) is 0 Å². The second kappa shape index (κ2) is 3.59. The average Bonchev–Trinajstić information content (AvgIpc) is 2.08. The SMILES string of the molecule is CC#Cc1cc(C(N)=O)c[nH]c1=O. The van der Waals surface area contributed by atoms with Gasteiger partial charge in [-0.3, -0.25) is 9.59 Å². The van der Waals surface area contributed by atoms with Crippen LogP contribution in [0.2, 0.25) is 0 Å². The molecule has 0 spiro atoms. The predicted octanol–water partition coefficient (Wildman–Crippen LogP) is -0.155. The summed E-state index contributed by atoms with van der Waals surface area (Å²) in [4.78, 5) is 24.2. The van der Waals surface area contributed by atoms with E-state index in [1.165, 1.54) is 12.3 Å². The Labute approximate surface area is 74.8 Å². The van der Waals surface area contributed by atoms with E-state index in [1.54, 1.807) is 6.92 Å². The fourth-order valence-electron chi connectivity index (χ4n) is 0.854. The molecular formula is C9H8N2O2. The molecule has 0 aliphatic rings. The van der Waals surface area contributed by atoms with Gasteiger partial charge in [-0.05, 0) is 13.0 Å². The van der Waals surface area contributed by atoms with Crippen molar-refractivity contribution in [2.45, 2.75) is 6.92 Å². The van der Waals surface area contributed by atoms with Gasteiger partial charge in [0.1, 0.15) is 0 Å². The third-order valence-electron chi connectivity index (χ3n) is 1.45. The van der Waals surface area contributed by atoms with Crippen molar-refractivity contribution in [2.75, 3.05) is 0 Å². The highest BCUT2D eigenvalue weighted by Gasteiger charge is 2.02. The molecule has 4 heteroatoms. The zero-order valence-corrected chi connectivity index (χ0v) is 7.05. The molecule has 1 aromatic rings. The lowest BCUT2D eigenvalue weighted by Crippen LogP contribution is -2.16. The molecule has 13 heavy (non-hydrogen) atoms. The molecule has 0 fully saturated rings. The zero-order chi connectivity index (χ0) is 9.84. The third-order valence-corrected chi connectivity index (χ3v) is 1.45. The molecule has 66 valence electrons. The fraction of sp³-hybridized carbons (Fsp3) is 0.111. The first-order valence-electron chi connectivity index (χ1n) is 3.60. The summed E-state index contributed by atoms with van der Waals surface area (Å²) in [7, 11) is 0. The highest BCUT2D eigenvalue weighted by atomic mass is 16.1. The van der Waals surface area contributed by atoms with Crippen molar-refractivity contribution in [2.24, 2.45) is 5.73 Å². The molecule has 0 unspecified atom stereocenters. The molecule has 0 aliphatic carbocycles. The highest BCUT2D eigenvalue weighted by molar-refractivity contribution is 5.92. The Bertz CT molecular complexity index is 449. The summed E-state index contributed by atoms with van der Waals surface area (Å²) in [6.07, 6.45) is 1.27. The van der Waals surface area contributed by atoms with Crippen LogP contribution in [-0.4, -0.2) is 10.9 Å². The summed E-state index contributed by atoms with van der Waals surface area (Å²) in [5.74, 6) is 4.55. The summed E-state index contributed by atoms with van der Waals surface area (Å²) < 4.78 is 0. The first-order valence-corrected chi connectivity index (χ1v) is 3.60. The van der Waals surface area contributed by atoms with Gasteiger partial charge in [0.05, 0.1) is 11.1 Å². The van der Waals surface area contributed by atoms with Crippen molar-refractivity contribution in [3.8, 4) is 11.8 Å². The van der Waals surface area contributed by atoms with Crippen LogP contribution in [-0.2, 0) is 0 Å². The maximum absolute atomic E-state index is 11.1. The summed E-state index contributed by atoms with van der Waals surface area (Å²) in [5, 5.41) is 0. The largest absolute Gasteiger partial charge is 0.366 e. The number of hydrogen-bond donors (Lipinski definition) is 2. The standard InChI is InChI=1S/C9H8N2O2/c1-2-3-6-4-7(8(10)12)5-11-9(6)13/h4-5H,1H3,(H2,10,12)(H,11,13). The van der Waals surface area contributed by atoms with E-state index < -0.39 is 5.91 Å². The summed E-state index contributed by atoms with van der Waals surface area (Å²) in [6.45, 7) is 1.61. The molecule has 0 bridgehead atoms. The summed E-state index contributed by atoms with van der Waals surface area (Å²) >= 11 is 0. The number of primary amides is 1. The van der Waals surface area contributed by atoms with Gasteiger partial charge in [0.15, 0.2) is 0 Å². The van der Waals surface area contributed by atoms with E-state index in [2.05, 4.69) is 16.8 Å². The van der Waals surface area contributed by atoms with E-state index in [-0.39, 0.29) is 16.7 Å². The lowest BCUT2D eigenvalue weighted by atomic mass is 10.2. The molecule has 0 atom stereocenters. The lowest BCUT2D eigenvalue weighted by Gasteiger charge is -1.94. The normalized spacial score (nSPS) is 8.69. The van der Waals surface area contributed by atoms with E-state index in [4.69, 9.17) is 5.73 Å². The molecule has 0 aliphatic heterocycles. The highest BCUT2D eigenvalue weighted by Crippen LogP contribution is 1.95. The Morgan fingerprint density at radius 1 is 1.62 bits per heavy atom. The molecular weight excluding hydrogens is 168 g/mol. The maximum atomic E-state index is 11.1. The van der Waals surface area contributed by atoms with Gasteiger partial charge in [-0.25, -0.2) is 0 Å². The van der Waals surface area contributed by atoms with Crippen LogP contribution >= 0.6 is 0 Å². The number of carbonyl (C=O) groups excluding carboxylic acids is 1. The van der Waals surface area contributed by atoms with Crippen molar-refractivity contribution in [1.29, 1.82) is 0 Å². The minimum Gasteiger partial charge on any atom is -0.366 e. The lowest BCUT2D eigenvalue weighted by molar-refractivity contribution is 0.1000. The van der Waals surface area contributed by atoms with E-state index in [0.29, 0.717) is 0 Å². The van der Waals surface area contributed by atoms with E-state index in [1.807, 2.05) is 0 Å². The van der Waals surface area contributed by atoms with Crippen molar-refractivity contribution in [3.05, 3.63) is 33.7 Å². The molecule has 1 rings (SSSR count). The minimum absolute atomic E-state index is 0.248. The number of aromatic nitrogens is 1. The van der Waals surface area contributed by atoms with Crippen LogP contribution in [0.4, 0.5) is 0 Å². The third kappa shape index (κ3) is 1.97. The number of hydrogen-bond acceptors (Lipinski definition) is 2. The van der Waals surface area contributed by atoms with Crippen LogP contribution in [0.5, 0.6) is 0 Å². The molecule has 1 amide bonds. The molecule has 0 aromatic carbocycles. The smallest absolute Gasteiger partial charge is 0.263 e. The van der Waals surface area contributed by atoms with E-state index in [9.17, 15) is 9.59 Å². The van der Waals surface area contributed by atoms with Crippen LogP contribution in [0.3, 0.4) is 0 Å². The minimum atomic E-state index is -0.588. The fourth-order valence-corrected chi connectivity index (χ4v) is 0.854. The van der Waals surface area contributed by atoms with Crippen molar-refractivity contribution in [3.63, 3.8) is 0 Å². The van der Waals surface area contributed by atoms with Crippen LogP contribution < -0.4 is 11.3 Å². The Morgan fingerprint density at radius 2 is 2.31 bits per heavy atom. The van der Waals surface area contributed by atoms with Crippen LogP contribution in [0.1, 0.15) is 22.8 Å². The number of aromatic amines is 1. The Kier molecular flexibility index (Phi) is 2.50. The first kappa shape index (κ1) is 9.07. The zero-order valence-electron chi connectivity index (χ0n) is 7.05. The number of rotatable bonds is 1. The van der Waals surface area contributed by atoms with Gasteiger partial charge in [-0.15, -0.1) is 5.92 Å². The molecule has 1 aromatic heterocycles. The second-order valence-electron chi connectivity index (χ2n) is 2.37. The molecule has 0 saturated carbocycles. The molecule has 1 heterocycles. The van der Waals surface area contributed by atoms with Crippen LogP contribution in [0.25, 0.3) is 0 Å². The number of H-pyrrole nitrogens is 1. The Morgan fingerprint density at radius 3 is 2.85 bits per heavy atom. The monoisotopic (exact) mass is 176 g/mol. The maximum Gasteiger partial charge on any atom is 0.263 e. The van der Waals surface area contributed by atoms with Crippen LogP contribution in [0, 0.1) is 11.8 Å². The Balaban J connectivity index is 3.32. The summed E-state index contributed by atoms with van der Waals surface area (Å²) in [5.41, 5.74) is 5.20. The number of nitrogens with one attached hydrogen (secondary N) is 1. The van der Waals surface area contributed by atoms with Gasteiger partial charge < -0.3 is 10.7 Å². The molecule has 0 radical (unpaired) electrons. The van der Waals surface area contributed by atoms with E-state index >= 15 is 0 Å². The van der Waals surface area contributed by atoms with Gasteiger partial charge in [0.2, 0.25) is 5.91 Å². The van der Waals surface area contributed by atoms with Gasteiger partial charge in [-0.1, -0.05) is 5.92 Å². The number of carbonyl (C=O) groups is 1. The average molecular weight is 176 g/mol. The predicted molar refractivity (Wildman–Crippen MR) is 48.1 cm³/mol. The quantitative estimate of drug-likeness (QED) is 0.583. The van der Waals surface area contributed by atoms with Crippen molar-refractivity contribution >= 4 is 5.91 Å². The second-order valence-corrected chi connectivity index (χ2v) is 2.37. The number of pyridine rings is 1. The van der Waals surface area contributed by atoms with Crippen LogP contribution in [0.15, 0.2) is 17.1 Å². The van der Waals surface area contributed by atoms with Gasteiger partial charge in [0.25, 0.3) is 5.56 Å². The molecule has 3 N–H and O–H groups in total. The van der Waals surface area contributed by atoms with Gasteiger partial charge >= 0.3 is 0 Å².